The van der Waals surface area contributed by atoms with Crippen molar-refractivity contribution in [1.29, 1.82) is 0 Å². The lowest BCUT2D eigenvalue weighted by molar-refractivity contribution is -0.384. The van der Waals surface area contributed by atoms with E-state index in [0.29, 0.717) is 43.4 Å². The van der Waals surface area contributed by atoms with E-state index < -0.39 is 4.92 Å². The zero-order valence-corrected chi connectivity index (χ0v) is 16.6. The number of carbonyl (C=O) groups is 1. The molecule has 0 aliphatic carbocycles. The number of nitrogens with zero attached hydrogens (tertiary/aromatic N) is 4. The number of anilines is 2. The summed E-state index contributed by atoms with van der Waals surface area (Å²) in [6.07, 6.45) is 0. The van der Waals surface area contributed by atoms with Crippen LogP contribution in [0.2, 0.25) is 0 Å². The van der Waals surface area contributed by atoms with E-state index >= 15 is 0 Å². The summed E-state index contributed by atoms with van der Waals surface area (Å²) < 4.78 is 11.4. The SMILES string of the molecule is O=C(Nc1ccc2c(c1)OCO2)N1CCN(c2nc3ccc([N+](=O)[O-])cc3s2)CC1. The Kier molecular flexibility index (Phi) is 4.51. The maximum absolute atomic E-state index is 12.6. The Labute approximate surface area is 174 Å². The lowest BCUT2D eigenvalue weighted by atomic mass is 10.3. The van der Waals surface area contributed by atoms with Gasteiger partial charge in [0, 0.05) is 50.1 Å². The molecule has 3 heterocycles. The van der Waals surface area contributed by atoms with Crippen LogP contribution < -0.4 is 19.7 Å². The molecule has 3 aromatic rings. The lowest BCUT2D eigenvalue weighted by Gasteiger charge is -2.34. The molecule has 0 radical (unpaired) electrons. The predicted molar refractivity (Wildman–Crippen MR) is 112 cm³/mol. The predicted octanol–water partition coefficient (Wildman–Crippen LogP) is 3.29. The number of benzene rings is 2. The van der Waals surface area contributed by atoms with Crippen molar-refractivity contribution in [3.63, 3.8) is 0 Å². The first-order valence-electron chi connectivity index (χ1n) is 9.32. The molecular weight excluding hydrogens is 410 g/mol. The van der Waals surface area contributed by atoms with E-state index in [4.69, 9.17) is 9.47 Å². The Morgan fingerprint density at radius 3 is 2.70 bits per heavy atom. The van der Waals surface area contributed by atoms with Crippen LogP contribution in [0.25, 0.3) is 10.2 Å². The molecule has 2 amide bonds. The van der Waals surface area contributed by atoms with Gasteiger partial charge in [0.05, 0.1) is 15.1 Å². The van der Waals surface area contributed by atoms with E-state index in [2.05, 4.69) is 15.2 Å². The highest BCUT2D eigenvalue weighted by Crippen LogP contribution is 2.34. The maximum atomic E-state index is 12.6. The van der Waals surface area contributed by atoms with Gasteiger partial charge in [-0.25, -0.2) is 9.78 Å². The largest absolute Gasteiger partial charge is 0.454 e. The molecule has 2 aliphatic rings. The molecule has 0 bridgehead atoms. The van der Waals surface area contributed by atoms with E-state index in [9.17, 15) is 14.9 Å². The summed E-state index contributed by atoms with van der Waals surface area (Å²) >= 11 is 1.42. The third-order valence-electron chi connectivity index (χ3n) is 5.03. The lowest BCUT2D eigenvalue weighted by Crippen LogP contribution is -2.50. The minimum Gasteiger partial charge on any atom is -0.454 e. The highest BCUT2D eigenvalue weighted by molar-refractivity contribution is 7.22. The minimum atomic E-state index is -0.406. The monoisotopic (exact) mass is 427 g/mol. The molecule has 1 N–H and O–H groups in total. The maximum Gasteiger partial charge on any atom is 0.321 e. The van der Waals surface area contributed by atoms with Gasteiger partial charge >= 0.3 is 6.03 Å². The van der Waals surface area contributed by atoms with Gasteiger partial charge in [-0.05, 0) is 18.2 Å². The molecule has 1 aromatic heterocycles. The van der Waals surface area contributed by atoms with Gasteiger partial charge in [-0.3, -0.25) is 10.1 Å². The van der Waals surface area contributed by atoms with Gasteiger partial charge in [0.2, 0.25) is 6.79 Å². The number of nitro benzene ring substituents is 1. The highest BCUT2D eigenvalue weighted by atomic mass is 32.1. The van der Waals surface area contributed by atoms with Gasteiger partial charge in [0.25, 0.3) is 5.69 Å². The van der Waals surface area contributed by atoms with E-state index in [0.717, 1.165) is 15.3 Å². The Morgan fingerprint density at radius 2 is 1.90 bits per heavy atom. The summed E-state index contributed by atoms with van der Waals surface area (Å²) in [6, 6.07) is 9.80. The number of nitro groups is 1. The van der Waals surface area contributed by atoms with Gasteiger partial charge in [0.1, 0.15) is 0 Å². The fourth-order valence-corrected chi connectivity index (χ4v) is 4.48. The summed E-state index contributed by atoms with van der Waals surface area (Å²) in [5.74, 6) is 1.29. The molecule has 0 atom stereocenters. The van der Waals surface area contributed by atoms with Crippen LogP contribution in [-0.2, 0) is 0 Å². The van der Waals surface area contributed by atoms with Crippen molar-refractivity contribution in [3.05, 3.63) is 46.5 Å². The third-order valence-corrected chi connectivity index (χ3v) is 6.11. The molecule has 2 aliphatic heterocycles. The number of non-ortho nitro benzene ring substituents is 1. The Bertz CT molecular complexity index is 1140. The van der Waals surface area contributed by atoms with Crippen LogP contribution in [0.4, 0.5) is 21.3 Å². The van der Waals surface area contributed by atoms with Crippen LogP contribution in [0.5, 0.6) is 11.5 Å². The minimum absolute atomic E-state index is 0.0581. The van der Waals surface area contributed by atoms with Crippen LogP contribution in [-0.4, -0.2) is 53.8 Å². The third kappa shape index (κ3) is 3.43. The molecule has 10 nitrogen and oxygen atoms in total. The van der Waals surface area contributed by atoms with Gasteiger partial charge in [-0.15, -0.1) is 0 Å². The van der Waals surface area contributed by atoms with Gasteiger partial charge < -0.3 is 24.6 Å². The quantitative estimate of drug-likeness (QED) is 0.504. The molecule has 154 valence electrons. The number of thiazole rings is 1. The second-order valence-corrected chi connectivity index (χ2v) is 7.89. The molecule has 30 heavy (non-hydrogen) atoms. The summed E-state index contributed by atoms with van der Waals surface area (Å²) in [6.45, 7) is 2.56. The number of piperazine rings is 1. The standard InChI is InChI=1S/C19H17N5O5S/c25-18(20-12-1-4-15-16(9-12)29-11-28-15)22-5-7-23(8-6-22)19-21-14-3-2-13(24(26)27)10-17(14)30-19/h1-4,9-10H,5-8,11H2,(H,20,25). The van der Waals surface area contributed by atoms with Crippen molar-refractivity contribution < 1.29 is 19.2 Å². The fraction of sp³-hybridized carbons (Fsp3) is 0.263. The van der Waals surface area contributed by atoms with Gasteiger partial charge in [-0.1, -0.05) is 11.3 Å². The summed E-state index contributed by atoms with van der Waals surface area (Å²) in [5.41, 5.74) is 1.45. The first kappa shape index (κ1) is 18.4. The Morgan fingerprint density at radius 1 is 1.10 bits per heavy atom. The first-order valence-corrected chi connectivity index (χ1v) is 10.1. The summed E-state index contributed by atoms with van der Waals surface area (Å²) in [5, 5.41) is 14.7. The molecule has 11 heteroatoms. The average molecular weight is 427 g/mol. The molecule has 2 aromatic carbocycles. The molecule has 0 spiro atoms. The molecular formula is C19H17N5O5S. The van der Waals surface area contributed by atoms with E-state index in [1.165, 1.54) is 17.4 Å². The van der Waals surface area contributed by atoms with E-state index in [1.54, 1.807) is 35.2 Å². The number of rotatable bonds is 3. The molecule has 0 unspecified atom stereocenters. The number of hydrogen-bond acceptors (Lipinski definition) is 8. The smallest absolute Gasteiger partial charge is 0.321 e. The second kappa shape index (κ2) is 7.34. The number of hydrogen-bond donors (Lipinski definition) is 1. The number of carbonyl (C=O) groups excluding carboxylic acids is 1. The summed E-state index contributed by atoms with van der Waals surface area (Å²) in [4.78, 5) is 31.6. The van der Waals surface area contributed by atoms with Crippen molar-refractivity contribution in [2.24, 2.45) is 0 Å². The number of amides is 2. The molecule has 1 fully saturated rings. The summed E-state index contributed by atoms with van der Waals surface area (Å²) in [7, 11) is 0. The number of ether oxygens (including phenoxy) is 2. The van der Waals surface area contributed by atoms with Crippen molar-refractivity contribution in [1.82, 2.24) is 9.88 Å². The van der Waals surface area contributed by atoms with E-state index in [1.807, 2.05) is 0 Å². The Hall–Kier alpha value is -3.60. The molecule has 0 saturated carbocycles. The normalized spacial score (nSPS) is 15.5. The number of fused-ring (bicyclic) bond motifs is 2. The van der Waals surface area contributed by atoms with Crippen molar-refractivity contribution in [3.8, 4) is 11.5 Å². The highest BCUT2D eigenvalue weighted by Gasteiger charge is 2.24. The Balaban J connectivity index is 1.22. The van der Waals surface area contributed by atoms with Crippen molar-refractivity contribution in [2.75, 3.05) is 43.2 Å². The van der Waals surface area contributed by atoms with E-state index in [-0.39, 0.29) is 18.5 Å². The number of nitrogens with one attached hydrogen (secondary N) is 1. The van der Waals surface area contributed by atoms with Crippen LogP contribution in [0.1, 0.15) is 0 Å². The van der Waals surface area contributed by atoms with Crippen LogP contribution in [0.3, 0.4) is 0 Å². The fourth-order valence-electron chi connectivity index (χ4n) is 3.43. The van der Waals surface area contributed by atoms with Gasteiger partial charge in [0.15, 0.2) is 16.6 Å². The van der Waals surface area contributed by atoms with Gasteiger partial charge in [-0.2, -0.15) is 0 Å². The molecule has 1 saturated heterocycles. The first-order chi connectivity index (χ1) is 14.6. The topological polar surface area (TPSA) is 110 Å². The zero-order chi connectivity index (χ0) is 20.7. The van der Waals surface area contributed by atoms with Crippen molar-refractivity contribution >= 4 is 44.1 Å². The number of urea groups is 1. The van der Waals surface area contributed by atoms with Crippen LogP contribution >= 0.6 is 11.3 Å². The average Bonchev–Trinajstić information content (AvgIpc) is 3.39. The second-order valence-electron chi connectivity index (χ2n) is 6.88. The van der Waals surface area contributed by atoms with Crippen molar-refractivity contribution in [2.45, 2.75) is 0 Å². The number of aromatic nitrogens is 1. The van der Waals surface area contributed by atoms with Crippen LogP contribution in [0, 0.1) is 10.1 Å². The molecule has 5 rings (SSSR count). The van der Waals surface area contributed by atoms with Crippen LogP contribution in [0.15, 0.2) is 36.4 Å². The zero-order valence-electron chi connectivity index (χ0n) is 15.7.